The smallest absolute Gasteiger partial charge is 0.255 e. The Morgan fingerprint density at radius 1 is 1.21 bits per heavy atom. The topological polar surface area (TPSA) is 53.5 Å². The predicted octanol–water partition coefficient (Wildman–Crippen LogP) is 1.33. The molecule has 0 N–H and O–H groups in total. The Labute approximate surface area is 114 Å². The van der Waals surface area contributed by atoms with E-state index in [-0.39, 0.29) is 18.4 Å². The summed E-state index contributed by atoms with van der Waals surface area (Å²) in [5.41, 5.74) is 1.36. The molecule has 0 aromatic carbocycles. The molecule has 0 saturated carbocycles. The molecule has 1 heterocycles. The average Bonchev–Trinajstić information content (AvgIpc) is 2.40. The van der Waals surface area contributed by atoms with Gasteiger partial charge in [-0.1, -0.05) is 0 Å². The third-order valence-corrected chi connectivity index (χ3v) is 2.99. The Hall–Kier alpha value is -1.91. The van der Waals surface area contributed by atoms with Crippen LogP contribution in [0, 0.1) is 6.92 Å². The van der Waals surface area contributed by atoms with E-state index in [2.05, 4.69) is 4.98 Å². The molecule has 0 unspecified atom stereocenters. The van der Waals surface area contributed by atoms with Crippen molar-refractivity contribution in [1.82, 2.24) is 14.8 Å². The second-order valence-electron chi connectivity index (χ2n) is 4.42. The lowest BCUT2D eigenvalue weighted by Gasteiger charge is -2.23. The van der Waals surface area contributed by atoms with Crippen molar-refractivity contribution in [2.45, 2.75) is 20.8 Å². The van der Waals surface area contributed by atoms with Gasteiger partial charge in [-0.15, -0.1) is 0 Å². The number of aryl methyl sites for hydroxylation is 1. The first-order chi connectivity index (χ1) is 8.99. The Balaban J connectivity index is 2.67. The molecule has 0 atom stereocenters. The first-order valence-corrected chi connectivity index (χ1v) is 6.45. The van der Waals surface area contributed by atoms with Crippen molar-refractivity contribution < 1.29 is 9.59 Å². The number of carbonyl (C=O) groups is 2. The Kier molecular flexibility index (Phi) is 5.48. The standard InChI is InChI=1S/C14H21N3O2/c1-5-17(6-2)13(18)10-16(4)14(19)12-8-7-11(3)15-9-12/h7-9H,5-6,10H2,1-4H3. The molecule has 1 aromatic heterocycles. The Morgan fingerprint density at radius 3 is 2.32 bits per heavy atom. The molecule has 0 radical (unpaired) electrons. The zero-order chi connectivity index (χ0) is 14.4. The van der Waals surface area contributed by atoms with Gasteiger partial charge in [0, 0.05) is 32.0 Å². The van der Waals surface area contributed by atoms with Crippen LogP contribution in [0.15, 0.2) is 18.3 Å². The molecule has 2 amide bonds. The van der Waals surface area contributed by atoms with Crippen LogP contribution >= 0.6 is 0 Å². The zero-order valence-electron chi connectivity index (χ0n) is 12.0. The van der Waals surface area contributed by atoms with Gasteiger partial charge in [0.05, 0.1) is 12.1 Å². The summed E-state index contributed by atoms with van der Waals surface area (Å²) in [6, 6.07) is 3.51. The predicted molar refractivity (Wildman–Crippen MR) is 73.9 cm³/mol. The number of rotatable bonds is 5. The van der Waals surface area contributed by atoms with Crippen LogP contribution < -0.4 is 0 Å². The third-order valence-electron chi connectivity index (χ3n) is 2.99. The lowest BCUT2D eigenvalue weighted by Crippen LogP contribution is -2.41. The van der Waals surface area contributed by atoms with Crippen LogP contribution in [0.3, 0.4) is 0 Å². The molecule has 0 aliphatic heterocycles. The summed E-state index contributed by atoms with van der Waals surface area (Å²) in [6.07, 6.45) is 1.54. The molecule has 0 bridgehead atoms. The molecule has 0 fully saturated rings. The lowest BCUT2D eigenvalue weighted by atomic mass is 10.2. The van der Waals surface area contributed by atoms with Crippen LogP contribution in [0.5, 0.6) is 0 Å². The fourth-order valence-electron chi connectivity index (χ4n) is 1.77. The molecule has 5 heteroatoms. The lowest BCUT2D eigenvalue weighted by molar-refractivity contribution is -0.131. The van der Waals surface area contributed by atoms with Crippen molar-refractivity contribution in [2.75, 3.05) is 26.7 Å². The van der Waals surface area contributed by atoms with Crippen molar-refractivity contribution in [3.63, 3.8) is 0 Å². The van der Waals surface area contributed by atoms with E-state index in [4.69, 9.17) is 0 Å². The summed E-state index contributed by atoms with van der Waals surface area (Å²) in [4.78, 5) is 31.2. The number of hydrogen-bond donors (Lipinski definition) is 0. The maximum Gasteiger partial charge on any atom is 0.255 e. The zero-order valence-corrected chi connectivity index (χ0v) is 12.0. The van der Waals surface area contributed by atoms with Crippen molar-refractivity contribution in [3.05, 3.63) is 29.6 Å². The highest BCUT2D eigenvalue weighted by Gasteiger charge is 2.17. The van der Waals surface area contributed by atoms with Gasteiger partial charge in [-0.25, -0.2) is 0 Å². The summed E-state index contributed by atoms with van der Waals surface area (Å²) in [6.45, 7) is 7.11. The molecule has 0 saturated heterocycles. The number of carbonyl (C=O) groups excluding carboxylic acids is 2. The molecule has 5 nitrogen and oxygen atoms in total. The molecule has 0 aliphatic rings. The van der Waals surface area contributed by atoms with Gasteiger partial charge in [0.15, 0.2) is 0 Å². The maximum absolute atomic E-state index is 12.1. The molecular formula is C14H21N3O2. The normalized spacial score (nSPS) is 10.1. The van der Waals surface area contributed by atoms with Gasteiger partial charge in [-0.05, 0) is 32.9 Å². The number of aromatic nitrogens is 1. The summed E-state index contributed by atoms with van der Waals surface area (Å²) in [7, 11) is 1.63. The highest BCUT2D eigenvalue weighted by atomic mass is 16.2. The quantitative estimate of drug-likeness (QED) is 0.805. The number of pyridine rings is 1. The molecule has 0 spiro atoms. The SMILES string of the molecule is CCN(CC)C(=O)CN(C)C(=O)c1ccc(C)nc1. The number of likely N-dealkylation sites (N-methyl/N-ethyl adjacent to an activating group) is 2. The fraction of sp³-hybridized carbons (Fsp3) is 0.500. The van der Waals surface area contributed by atoms with Gasteiger partial charge < -0.3 is 9.80 Å². The highest BCUT2D eigenvalue weighted by Crippen LogP contribution is 2.04. The second kappa shape index (κ2) is 6.87. The van der Waals surface area contributed by atoms with E-state index in [1.165, 1.54) is 11.1 Å². The van der Waals surface area contributed by atoms with Crippen LogP contribution in [-0.4, -0.2) is 53.3 Å². The molecule has 0 aliphatic carbocycles. The van der Waals surface area contributed by atoms with Gasteiger partial charge >= 0.3 is 0 Å². The van der Waals surface area contributed by atoms with Gasteiger partial charge in [0.2, 0.25) is 5.91 Å². The van der Waals surface area contributed by atoms with Gasteiger partial charge in [-0.2, -0.15) is 0 Å². The van der Waals surface area contributed by atoms with Crippen molar-refractivity contribution in [2.24, 2.45) is 0 Å². The summed E-state index contributed by atoms with van der Waals surface area (Å²) >= 11 is 0. The van der Waals surface area contributed by atoms with Crippen LogP contribution in [0.2, 0.25) is 0 Å². The van der Waals surface area contributed by atoms with E-state index in [1.54, 1.807) is 24.1 Å². The second-order valence-corrected chi connectivity index (χ2v) is 4.42. The molecule has 1 aromatic rings. The van der Waals surface area contributed by atoms with E-state index in [0.717, 1.165) is 5.69 Å². The summed E-state index contributed by atoms with van der Waals surface area (Å²) in [5, 5.41) is 0. The van der Waals surface area contributed by atoms with Crippen molar-refractivity contribution >= 4 is 11.8 Å². The first kappa shape index (κ1) is 15.1. The largest absolute Gasteiger partial charge is 0.342 e. The van der Waals surface area contributed by atoms with E-state index in [9.17, 15) is 9.59 Å². The van der Waals surface area contributed by atoms with E-state index >= 15 is 0 Å². The Morgan fingerprint density at radius 2 is 1.84 bits per heavy atom. The van der Waals surface area contributed by atoms with Gasteiger partial charge in [-0.3, -0.25) is 14.6 Å². The number of hydrogen-bond acceptors (Lipinski definition) is 3. The minimum atomic E-state index is -0.187. The van der Waals surface area contributed by atoms with Gasteiger partial charge in [0.25, 0.3) is 5.91 Å². The maximum atomic E-state index is 12.1. The fourth-order valence-corrected chi connectivity index (χ4v) is 1.77. The minimum absolute atomic E-state index is 0.0408. The van der Waals surface area contributed by atoms with Crippen LogP contribution in [-0.2, 0) is 4.79 Å². The first-order valence-electron chi connectivity index (χ1n) is 6.45. The Bertz CT molecular complexity index is 439. The summed E-state index contributed by atoms with van der Waals surface area (Å²) < 4.78 is 0. The molecule has 104 valence electrons. The van der Waals surface area contributed by atoms with E-state index < -0.39 is 0 Å². The van der Waals surface area contributed by atoms with Gasteiger partial charge in [0.1, 0.15) is 0 Å². The van der Waals surface area contributed by atoms with E-state index in [0.29, 0.717) is 18.7 Å². The summed E-state index contributed by atoms with van der Waals surface area (Å²) in [5.74, 6) is -0.228. The third kappa shape index (κ3) is 4.05. The molecule has 19 heavy (non-hydrogen) atoms. The van der Waals surface area contributed by atoms with Crippen LogP contribution in [0.1, 0.15) is 29.9 Å². The number of amides is 2. The highest BCUT2D eigenvalue weighted by molar-refractivity contribution is 5.96. The van der Waals surface area contributed by atoms with Crippen molar-refractivity contribution in [3.8, 4) is 0 Å². The number of nitrogens with zero attached hydrogens (tertiary/aromatic N) is 3. The minimum Gasteiger partial charge on any atom is -0.342 e. The van der Waals surface area contributed by atoms with Crippen LogP contribution in [0.25, 0.3) is 0 Å². The van der Waals surface area contributed by atoms with E-state index in [1.807, 2.05) is 20.8 Å². The molecule has 1 rings (SSSR count). The average molecular weight is 263 g/mol. The molecular weight excluding hydrogens is 242 g/mol. The van der Waals surface area contributed by atoms with Crippen molar-refractivity contribution in [1.29, 1.82) is 0 Å². The monoisotopic (exact) mass is 263 g/mol. The van der Waals surface area contributed by atoms with Crippen LogP contribution in [0.4, 0.5) is 0 Å².